The van der Waals surface area contributed by atoms with E-state index < -0.39 is 24.4 Å². The van der Waals surface area contributed by atoms with Crippen molar-refractivity contribution in [2.45, 2.75) is 257 Å². The summed E-state index contributed by atoms with van der Waals surface area (Å²) in [7, 11) is 0. The highest BCUT2D eigenvalue weighted by atomic mass is 16.6. The van der Waals surface area contributed by atoms with E-state index in [4.69, 9.17) is 56.8 Å². The van der Waals surface area contributed by atoms with E-state index in [-0.39, 0.29) is 74.7 Å². The van der Waals surface area contributed by atoms with E-state index in [1.54, 1.807) is 0 Å². The number of hydrogen-bond acceptors (Lipinski definition) is 20. The van der Waals surface area contributed by atoms with E-state index in [0.717, 1.165) is 232 Å². The molecule has 0 unspecified atom stereocenters. The summed E-state index contributed by atoms with van der Waals surface area (Å²) >= 11 is 0. The molecule has 32 heteroatoms. The fourth-order valence-corrected chi connectivity index (χ4v) is 11.1. The number of carbonyl (C=O) groups excluding carboxylic acids is 8. The lowest BCUT2D eigenvalue weighted by atomic mass is 9.90. The molecule has 108 heavy (non-hydrogen) atoms. The highest BCUT2D eigenvalue weighted by Gasteiger charge is 2.29. The summed E-state index contributed by atoms with van der Waals surface area (Å²) in [6.45, 7) is 22.2. The van der Waals surface area contributed by atoms with Gasteiger partial charge in [-0.15, -0.1) is 0 Å². The first kappa shape index (κ1) is 99.8. The molecule has 2 saturated carbocycles. The number of urea groups is 4. The fourth-order valence-electron chi connectivity index (χ4n) is 11.1. The van der Waals surface area contributed by atoms with E-state index in [9.17, 15) is 38.4 Å². The van der Waals surface area contributed by atoms with Crippen molar-refractivity contribution >= 4 is 48.5 Å². The maximum Gasteiger partial charge on any atom is 0.407 e. The second-order valence-corrected chi connectivity index (χ2v) is 26.8. The molecule has 12 N–H and O–H groups in total. The van der Waals surface area contributed by atoms with Crippen molar-refractivity contribution < 1.29 is 95.2 Å². The van der Waals surface area contributed by atoms with Gasteiger partial charge in [-0.3, -0.25) is 0 Å². The molecule has 2 aliphatic rings. The molecule has 12 amide bonds. The van der Waals surface area contributed by atoms with Crippen molar-refractivity contribution in [2.75, 3.05) is 184 Å². The molecule has 0 aromatic heterocycles. The van der Waals surface area contributed by atoms with Crippen molar-refractivity contribution in [3.63, 3.8) is 0 Å². The van der Waals surface area contributed by atoms with Gasteiger partial charge in [-0.25, -0.2) is 38.4 Å². The minimum Gasteiger partial charge on any atom is -0.447 e. The zero-order valence-electron chi connectivity index (χ0n) is 66.9. The highest BCUT2D eigenvalue weighted by Crippen LogP contribution is 2.20. The zero-order chi connectivity index (χ0) is 78.3. The van der Waals surface area contributed by atoms with Crippen molar-refractivity contribution in [3.8, 4) is 0 Å². The van der Waals surface area contributed by atoms with Crippen LogP contribution < -0.4 is 63.8 Å². The predicted octanol–water partition coefficient (Wildman–Crippen LogP) is 10.3. The Bertz CT molecular complexity index is 1870. The molecule has 0 aromatic rings. The first-order chi connectivity index (χ1) is 52.9. The Balaban J connectivity index is 0.00000108. The number of amides is 12. The number of carbonyl (C=O) groups is 8. The number of ether oxygens (including phenoxy) is 12. The Morgan fingerprint density at radius 2 is 0.380 bits per heavy atom. The van der Waals surface area contributed by atoms with Crippen LogP contribution in [0.15, 0.2) is 0 Å². The van der Waals surface area contributed by atoms with Crippen molar-refractivity contribution in [1.29, 1.82) is 0 Å². The molecule has 0 aromatic carbocycles. The molecule has 0 bridgehead atoms. The van der Waals surface area contributed by atoms with Gasteiger partial charge in [0.15, 0.2) is 0 Å². The molecule has 0 saturated heterocycles. The van der Waals surface area contributed by atoms with Crippen LogP contribution in [0.4, 0.5) is 38.4 Å². The van der Waals surface area contributed by atoms with Crippen LogP contribution in [-0.2, 0) is 56.8 Å². The van der Waals surface area contributed by atoms with Gasteiger partial charge in [0.05, 0.1) is 103 Å². The molecule has 0 heterocycles. The van der Waals surface area contributed by atoms with Crippen LogP contribution in [0.25, 0.3) is 0 Å². The molecule has 4 atom stereocenters. The predicted molar refractivity (Wildman–Crippen MR) is 416 cm³/mol. The first-order valence-corrected chi connectivity index (χ1v) is 41.3. The Morgan fingerprint density at radius 3 is 0.565 bits per heavy atom. The second kappa shape index (κ2) is 77.6. The van der Waals surface area contributed by atoms with Gasteiger partial charge in [0, 0.05) is 78.8 Å². The first-order valence-electron chi connectivity index (χ1n) is 41.3. The Labute approximate surface area is 646 Å². The zero-order valence-corrected chi connectivity index (χ0v) is 66.9. The average molecular weight is 1550 g/mol. The Kier molecular flexibility index (Phi) is 71.7. The monoisotopic (exact) mass is 1550 g/mol. The van der Waals surface area contributed by atoms with Crippen molar-refractivity contribution in [3.05, 3.63) is 0 Å². The van der Waals surface area contributed by atoms with Crippen LogP contribution in [0.2, 0.25) is 0 Å². The summed E-state index contributed by atoms with van der Waals surface area (Å²) in [5.74, 6) is 0. The number of rotatable bonds is 68. The molecule has 2 fully saturated rings. The molecular formula is C76H148N12O20. The van der Waals surface area contributed by atoms with Gasteiger partial charge in [0.1, 0.15) is 26.4 Å². The van der Waals surface area contributed by atoms with Gasteiger partial charge in [-0.05, 0) is 103 Å². The number of nitrogens with one attached hydrogen (secondary N) is 12. The summed E-state index contributed by atoms with van der Waals surface area (Å²) in [6, 6.07) is -1.35. The van der Waals surface area contributed by atoms with Crippen molar-refractivity contribution in [1.82, 2.24) is 63.8 Å². The van der Waals surface area contributed by atoms with Crippen LogP contribution in [0.3, 0.4) is 0 Å². The molecule has 0 spiro atoms. The summed E-state index contributed by atoms with van der Waals surface area (Å²) in [4.78, 5) is 97.3. The van der Waals surface area contributed by atoms with E-state index in [1.807, 2.05) is 0 Å². The topological polar surface area (TPSA) is 392 Å². The minimum atomic E-state index is -0.445. The molecule has 2 rings (SSSR count). The molecular weight excluding hydrogens is 1400 g/mol. The highest BCUT2D eigenvalue weighted by molar-refractivity contribution is 5.77. The maximum absolute atomic E-state index is 12.6. The third kappa shape index (κ3) is 67.9. The van der Waals surface area contributed by atoms with Crippen LogP contribution in [-0.4, -0.2) is 257 Å². The van der Waals surface area contributed by atoms with Crippen LogP contribution >= 0.6 is 0 Å². The SMILES string of the molecule is CCCCOCCOCCOC(=O)NCCCCCCNC(=O)N[C@@H]1CCCC[C@H]1NC(=O)NCCCCCCNC(=O)OCCOCCOCCCC.CCCCOCCOCCOC(=O)NCCCCCCNC(=O)N[C@H]1CCCC[C@@H]1NC(=O)NCCCCCCNC(=O)OCCOCCOCCCC. The second-order valence-electron chi connectivity index (χ2n) is 26.8. The average Bonchev–Trinajstić information content (AvgIpc) is 0.879. The number of hydrogen-bond donors (Lipinski definition) is 12. The molecule has 2 aliphatic carbocycles. The fraction of sp³-hybridized carbons (Fsp3) is 0.895. The van der Waals surface area contributed by atoms with Gasteiger partial charge >= 0.3 is 48.5 Å². The molecule has 0 aliphatic heterocycles. The molecule has 32 nitrogen and oxygen atoms in total. The summed E-state index contributed by atoms with van der Waals surface area (Å²) in [5, 5.41) is 34.9. The standard InChI is InChI=1S/2C38H74N6O10/c2*1-3-5-23-49-25-27-51-29-31-53-37(47)41-21-15-9-7-13-19-39-35(45)43-33-17-11-12-18-34(33)44-36(46)40-20-14-8-10-16-22-42-38(48)54-32-30-52-28-26-50-24-6-4-2/h2*33-34H,3-32H2,1-2H3,(H,41,47)(H,42,48)(H2,39,43,45)(H2,40,44,46)/t2*33-,34-/m10/s1. The van der Waals surface area contributed by atoms with E-state index in [2.05, 4.69) is 91.5 Å². The van der Waals surface area contributed by atoms with E-state index in [0.29, 0.717) is 132 Å². The van der Waals surface area contributed by atoms with Crippen LogP contribution in [0, 0.1) is 0 Å². The maximum atomic E-state index is 12.6. The lowest BCUT2D eigenvalue weighted by Crippen LogP contribution is -2.56. The summed E-state index contributed by atoms with van der Waals surface area (Å²) in [6.07, 6.45) is 28.2. The quantitative estimate of drug-likeness (QED) is 0.0199. The largest absolute Gasteiger partial charge is 0.447 e. The smallest absolute Gasteiger partial charge is 0.407 e. The Morgan fingerprint density at radius 1 is 0.213 bits per heavy atom. The summed E-state index contributed by atoms with van der Waals surface area (Å²) < 4.78 is 63.5. The van der Waals surface area contributed by atoms with Gasteiger partial charge in [-0.2, -0.15) is 0 Å². The van der Waals surface area contributed by atoms with E-state index >= 15 is 0 Å². The van der Waals surface area contributed by atoms with Gasteiger partial charge in [0.2, 0.25) is 0 Å². The van der Waals surface area contributed by atoms with Gasteiger partial charge in [0.25, 0.3) is 0 Å². The normalized spacial score (nSPS) is 15.2. The lowest BCUT2D eigenvalue weighted by Gasteiger charge is -2.32. The Hall–Kier alpha value is -6.16. The van der Waals surface area contributed by atoms with Crippen LogP contribution in [0.5, 0.6) is 0 Å². The lowest BCUT2D eigenvalue weighted by molar-refractivity contribution is 0.0274. The van der Waals surface area contributed by atoms with Crippen molar-refractivity contribution in [2.24, 2.45) is 0 Å². The third-order valence-corrected chi connectivity index (χ3v) is 17.3. The summed E-state index contributed by atoms with van der Waals surface area (Å²) in [5.41, 5.74) is 0. The van der Waals surface area contributed by atoms with Crippen LogP contribution in [0.1, 0.15) is 233 Å². The van der Waals surface area contributed by atoms with Gasteiger partial charge in [-0.1, -0.05) is 130 Å². The number of alkyl carbamates (subject to hydrolysis) is 4. The number of unbranched alkanes of at least 4 members (excludes halogenated alkanes) is 16. The van der Waals surface area contributed by atoms with Gasteiger partial charge < -0.3 is 121 Å². The minimum absolute atomic E-state index is 0.118. The van der Waals surface area contributed by atoms with E-state index in [1.165, 1.54) is 0 Å². The third-order valence-electron chi connectivity index (χ3n) is 17.3. The molecule has 0 radical (unpaired) electrons. The molecule has 632 valence electrons.